The van der Waals surface area contributed by atoms with Crippen molar-refractivity contribution in [2.75, 3.05) is 13.1 Å². The summed E-state index contributed by atoms with van der Waals surface area (Å²) in [6.45, 7) is 11.7. The monoisotopic (exact) mass is 299 g/mol. The lowest BCUT2D eigenvalue weighted by molar-refractivity contribution is 0.0284. The predicted octanol–water partition coefficient (Wildman–Crippen LogP) is 2.90. The van der Waals surface area contributed by atoms with E-state index in [1.807, 2.05) is 25.7 Å². The van der Waals surface area contributed by atoms with Crippen LogP contribution in [0.15, 0.2) is 0 Å². The van der Waals surface area contributed by atoms with Crippen molar-refractivity contribution < 1.29 is 9.53 Å². The molecule has 5 heteroatoms. The van der Waals surface area contributed by atoms with E-state index in [-0.39, 0.29) is 12.1 Å². The van der Waals surface area contributed by atoms with Gasteiger partial charge in [0.15, 0.2) is 0 Å². The number of carbonyl (C=O) groups is 1. The first-order valence-corrected chi connectivity index (χ1v) is 8.20. The van der Waals surface area contributed by atoms with Crippen LogP contribution in [-0.2, 0) is 4.74 Å². The molecule has 3 N–H and O–H groups in total. The third-order valence-electron chi connectivity index (χ3n) is 4.10. The molecule has 0 aliphatic carbocycles. The van der Waals surface area contributed by atoms with Gasteiger partial charge in [0.1, 0.15) is 5.60 Å². The maximum Gasteiger partial charge on any atom is 0.410 e. The molecule has 1 fully saturated rings. The summed E-state index contributed by atoms with van der Waals surface area (Å²) in [7, 11) is 0. The van der Waals surface area contributed by atoms with Gasteiger partial charge < -0.3 is 9.64 Å². The van der Waals surface area contributed by atoms with Crippen molar-refractivity contribution in [1.82, 2.24) is 10.3 Å². The number of carbonyl (C=O) groups excluding carboxylic acids is 1. The van der Waals surface area contributed by atoms with Crippen LogP contribution in [0.3, 0.4) is 0 Å². The minimum Gasteiger partial charge on any atom is -0.444 e. The summed E-state index contributed by atoms with van der Waals surface area (Å²) >= 11 is 0. The van der Waals surface area contributed by atoms with Gasteiger partial charge in [0.05, 0.1) is 0 Å². The lowest BCUT2D eigenvalue weighted by Crippen LogP contribution is -2.43. The van der Waals surface area contributed by atoms with Crippen LogP contribution in [0.1, 0.15) is 60.3 Å². The second-order valence-corrected chi connectivity index (χ2v) is 7.38. The minimum absolute atomic E-state index is 0.206. The van der Waals surface area contributed by atoms with Crippen LogP contribution in [0.25, 0.3) is 0 Å². The SMILES string of the molecule is CCCC(C)CC(NN)C1CCN(C(=O)OC(C)(C)C)C1. The zero-order valence-electron chi connectivity index (χ0n) is 14.3. The molecule has 1 rings (SSSR count). The fourth-order valence-electron chi connectivity index (χ4n) is 3.05. The second-order valence-electron chi connectivity index (χ2n) is 7.38. The van der Waals surface area contributed by atoms with Gasteiger partial charge in [-0.1, -0.05) is 26.7 Å². The van der Waals surface area contributed by atoms with Gasteiger partial charge in [0.2, 0.25) is 0 Å². The first-order valence-electron chi connectivity index (χ1n) is 8.20. The second kappa shape index (κ2) is 7.99. The molecule has 1 saturated heterocycles. The van der Waals surface area contributed by atoms with E-state index in [1.54, 1.807) is 0 Å². The average molecular weight is 299 g/mol. The van der Waals surface area contributed by atoms with Crippen LogP contribution in [0.2, 0.25) is 0 Å². The fraction of sp³-hybridized carbons (Fsp3) is 0.938. The number of ether oxygens (including phenoxy) is 1. The molecule has 1 heterocycles. The topological polar surface area (TPSA) is 67.6 Å². The summed E-state index contributed by atoms with van der Waals surface area (Å²) in [6, 6.07) is 0.277. The Balaban J connectivity index is 2.49. The molecule has 0 radical (unpaired) electrons. The molecule has 1 amide bonds. The molecular formula is C16H33N3O2. The zero-order chi connectivity index (χ0) is 16.0. The molecule has 0 aromatic heterocycles. The molecule has 5 nitrogen and oxygen atoms in total. The van der Waals surface area contributed by atoms with Gasteiger partial charge in [-0.2, -0.15) is 0 Å². The highest BCUT2D eigenvalue weighted by Crippen LogP contribution is 2.26. The summed E-state index contributed by atoms with van der Waals surface area (Å²) in [6.07, 6.45) is 4.28. The Morgan fingerprint density at radius 3 is 2.67 bits per heavy atom. The highest BCUT2D eigenvalue weighted by molar-refractivity contribution is 5.68. The number of nitrogens with zero attached hydrogens (tertiary/aromatic N) is 1. The van der Waals surface area contributed by atoms with E-state index in [2.05, 4.69) is 19.3 Å². The number of rotatable bonds is 6. The van der Waals surface area contributed by atoms with E-state index in [9.17, 15) is 4.79 Å². The first kappa shape index (κ1) is 18.2. The van der Waals surface area contributed by atoms with Gasteiger partial charge in [-0.25, -0.2) is 4.79 Å². The van der Waals surface area contributed by atoms with E-state index in [0.29, 0.717) is 11.8 Å². The Morgan fingerprint density at radius 1 is 1.48 bits per heavy atom. The van der Waals surface area contributed by atoms with Crippen LogP contribution >= 0.6 is 0 Å². The molecule has 3 atom stereocenters. The van der Waals surface area contributed by atoms with Gasteiger partial charge in [0, 0.05) is 19.1 Å². The molecule has 0 saturated carbocycles. The summed E-state index contributed by atoms with van der Waals surface area (Å²) in [5.41, 5.74) is 2.53. The van der Waals surface area contributed by atoms with E-state index < -0.39 is 5.60 Å². The van der Waals surface area contributed by atoms with Gasteiger partial charge in [-0.05, 0) is 45.4 Å². The maximum atomic E-state index is 12.1. The van der Waals surface area contributed by atoms with Crippen molar-refractivity contribution in [2.24, 2.45) is 17.7 Å². The summed E-state index contributed by atoms with van der Waals surface area (Å²) < 4.78 is 5.44. The highest BCUT2D eigenvalue weighted by atomic mass is 16.6. The average Bonchev–Trinajstić information content (AvgIpc) is 2.83. The molecule has 0 aromatic rings. The zero-order valence-corrected chi connectivity index (χ0v) is 14.3. The van der Waals surface area contributed by atoms with Gasteiger partial charge in [-0.3, -0.25) is 11.3 Å². The van der Waals surface area contributed by atoms with Crippen LogP contribution in [0.4, 0.5) is 4.79 Å². The molecule has 0 aromatic carbocycles. The van der Waals surface area contributed by atoms with Gasteiger partial charge >= 0.3 is 6.09 Å². The largest absolute Gasteiger partial charge is 0.444 e. The number of likely N-dealkylation sites (tertiary alicyclic amines) is 1. The van der Waals surface area contributed by atoms with E-state index >= 15 is 0 Å². The molecule has 3 unspecified atom stereocenters. The Hall–Kier alpha value is -0.810. The van der Waals surface area contributed by atoms with E-state index in [0.717, 1.165) is 25.9 Å². The lowest BCUT2D eigenvalue weighted by atomic mass is 9.89. The lowest BCUT2D eigenvalue weighted by Gasteiger charge is -2.27. The Kier molecular flexibility index (Phi) is 6.94. The number of hydrazine groups is 1. The van der Waals surface area contributed by atoms with Crippen LogP contribution in [0.5, 0.6) is 0 Å². The van der Waals surface area contributed by atoms with Crippen molar-refractivity contribution in [3.05, 3.63) is 0 Å². The van der Waals surface area contributed by atoms with Crippen molar-refractivity contribution in [3.8, 4) is 0 Å². The molecule has 124 valence electrons. The Bertz CT molecular complexity index is 328. The van der Waals surface area contributed by atoms with Crippen LogP contribution < -0.4 is 11.3 Å². The normalized spacial score (nSPS) is 22.2. The fourth-order valence-corrected chi connectivity index (χ4v) is 3.05. The predicted molar refractivity (Wildman–Crippen MR) is 85.7 cm³/mol. The molecule has 1 aliphatic heterocycles. The quantitative estimate of drug-likeness (QED) is 0.584. The van der Waals surface area contributed by atoms with Crippen LogP contribution in [-0.4, -0.2) is 35.7 Å². The number of nitrogens with two attached hydrogens (primary N) is 1. The summed E-state index contributed by atoms with van der Waals surface area (Å²) in [5.74, 6) is 6.81. The third kappa shape index (κ3) is 6.22. The van der Waals surface area contributed by atoms with Crippen molar-refractivity contribution in [1.29, 1.82) is 0 Å². The van der Waals surface area contributed by atoms with Crippen LogP contribution in [0, 0.1) is 11.8 Å². The van der Waals surface area contributed by atoms with Crippen molar-refractivity contribution >= 4 is 6.09 Å². The number of amides is 1. The van der Waals surface area contributed by atoms with Crippen molar-refractivity contribution in [2.45, 2.75) is 71.9 Å². The molecular weight excluding hydrogens is 266 g/mol. The summed E-state index contributed by atoms with van der Waals surface area (Å²) in [4.78, 5) is 13.9. The maximum absolute atomic E-state index is 12.1. The Labute approximate surface area is 129 Å². The van der Waals surface area contributed by atoms with E-state index in [1.165, 1.54) is 12.8 Å². The smallest absolute Gasteiger partial charge is 0.410 e. The van der Waals surface area contributed by atoms with E-state index in [4.69, 9.17) is 10.6 Å². The molecule has 21 heavy (non-hydrogen) atoms. The summed E-state index contributed by atoms with van der Waals surface area (Å²) in [5, 5.41) is 0. The van der Waals surface area contributed by atoms with Gasteiger partial charge in [0.25, 0.3) is 0 Å². The number of hydrogen-bond acceptors (Lipinski definition) is 4. The number of hydrogen-bond donors (Lipinski definition) is 2. The first-order chi connectivity index (χ1) is 9.76. The standard InChI is InChI=1S/C16H33N3O2/c1-6-7-12(2)10-14(18-17)13-8-9-19(11-13)15(20)21-16(3,4)5/h12-14,18H,6-11,17H2,1-5H3. The van der Waals surface area contributed by atoms with Crippen molar-refractivity contribution in [3.63, 3.8) is 0 Å². The molecule has 1 aliphatic rings. The minimum atomic E-state index is -0.434. The van der Waals surface area contributed by atoms with Gasteiger partial charge in [-0.15, -0.1) is 0 Å². The third-order valence-corrected chi connectivity index (χ3v) is 4.10. The number of nitrogens with one attached hydrogen (secondary N) is 1. The Morgan fingerprint density at radius 2 is 2.14 bits per heavy atom. The molecule has 0 spiro atoms. The molecule has 0 bridgehead atoms. The highest BCUT2D eigenvalue weighted by Gasteiger charge is 2.34.